The molecule has 1 aromatic rings. The third kappa shape index (κ3) is 2.39. The van der Waals surface area contributed by atoms with E-state index < -0.39 is 0 Å². The minimum Gasteiger partial charge on any atom is -0.363 e. The van der Waals surface area contributed by atoms with Gasteiger partial charge in [-0.05, 0) is 6.42 Å². The van der Waals surface area contributed by atoms with Crippen LogP contribution in [0.4, 0.5) is 5.69 Å². The van der Waals surface area contributed by atoms with E-state index in [9.17, 15) is 0 Å². The third-order valence-electron chi connectivity index (χ3n) is 2.68. The number of halogens is 2. The second kappa shape index (κ2) is 5.17. The van der Waals surface area contributed by atoms with Gasteiger partial charge in [0.05, 0.1) is 11.7 Å². The minimum atomic E-state index is 0.382. The smallest absolute Gasteiger partial charge is 0.175 e. The Bertz CT molecular complexity index is 368. The minimum absolute atomic E-state index is 0.382. The lowest BCUT2D eigenvalue weighted by atomic mass is 10.1. The van der Waals surface area contributed by atoms with Gasteiger partial charge in [-0.25, -0.2) is 0 Å². The Balaban J connectivity index is 2.25. The number of rotatable bonds is 4. The highest BCUT2D eigenvalue weighted by molar-refractivity contribution is 6.33. The van der Waals surface area contributed by atoms with E-state index in [1.807, 2.05) is 0 Å². The van der Waals surface area contributed by atoms with Gasteiger partial charge in [-0.2, -0.15) is 0 Å². The van der Waals surface area contributed by atoms with Crippen molar-refractivity contribution in [3.05, 3.63) is 16.4 Å². The average Bonchev–Trinajstić information content (AvgIpc) is 2.18. The largest absolute Gasteiger partial charge is 0.363 e. The van der Waals surface area contributed by atoms with Crippen molar-refractivity contribution in [3.8, 4) is 0 Å². The van der Waals surface area contributed by atoms with Gasteiger partial charge in [0.15, 0.2) is 10.3 Å². The summed E-state index contributed by atoms with van der Waals surface area (Å²) < 4.78 is 0. The molecular formula is C10H14Cl2N4. The molecule has 1 N–H and O–H groups in total. The zero-order valence-electron chi connectivity index (χ0n) is 9.08. The molecule has 1 aliphatic heterocycles. The maximum absolute atomic E-state index is 6.06. The zero-order chi connectivity index (χ0) is 11.5. The summed E-state index contributed by atoms with van der Waals surface area (Å²) in [7, 11) is 0. The molecule has 0 amide bonds. The lowest BCUT2D eigenvalue weighted by Gasteiger charge is -2.39. The van der Waals surface area contributed by atoms with Gasteiger partial charge in [-0.15, -0.1) is 10.2 Å². The summed E-state index contributed by atoms with van der Waals surface area (Å²) in [5.41, 5.74) is 0.884. The van der Waals surface area contributed by atoms with Gasteiger partial charge in [-0.1, -0.05) is 30.1 Å². The molecule has 0 radical (unpaired) electrons. The highest BCUT2D eigenvalue weighted by Gasteiger charge is 2.26. The van der Waals surface area contributed by atoms with E-state index in [0.717, 1.165) is 31.7 Å². The van der Waals surface area contributed by atoms with Crippen molar-refractivity contribution in [2.45, 2.75) is 19.4 Å². The summed E-state index contributed by atoms with van der Waals surface area (Å²) in [6.07, 6.45) is 1.06. The predicted molar refractivity (Wildman–Crippen MR) is 66.3 cm³/mol. The van der Waals surface area contributed by atoms with Crippen LogP contribution in [0.5, 0.6) is 0 Å². The molecule has 16 heavy (non-hydrogen) atoms. The van der Waals surface area contributed by atoms with Crippen molar-refractivity contribution >= 4 is 28.9 Å². The first-order valence-corrected chi connectivity index (χ1v) is 6.14. The van der Waals surface area contributed by atoms with E-state index >= 15 is 0 Å². The van der Waals surface area contributed by atoms with Gasteiger partial charge < -0.3 is 10.2 Å². The highest BCUT2D eigenvalue weighted by atomic mass is 35.5. The molecule has 0 unspecified atom stereocenters. The third-order valence-corrected chi connectivity index (χ3v) is 3.13. The van der Waals surface area contributed by atoms with Gasteiger partial charge in [-0.3, -0.25) is 0 Å². The Labute approximate surface area is 105 Å². The van der Waals surface area contributed by atoms with Crippen molar-refractivity contribution in [3.63, 3.8) is 0 Å². The van der Waals surface area contributed by atoms with Gasteiger partial charge in [0.25, 0.3) is 0 Å². The number of hydrogen-bond donors (Lipinski definition) is 1. The van der Waals surface area contributed by atoms with Crippen LogP contribution in [-0.2, 0) is 0 Å². The van der Waals surface area contributed by atoms with Crippen LogP contribution in [0.15, 0.2) is 6.07 Å². The maximum Gasteiger partial charge on any atom is 0.175 e. The molecule has 0 aromatic carbocycles. The highest BCUT2D eigenvalue weighted by Crippen LogP contribution is 2.28. The number of hydrogen-bond acceptors (Lipinski definition) is 4. The molecule has 2 rings (SSSR count). The molecular weight excluding hydrogens is 247 g/mol. The Morgan fingerprint density at radius 1 is 1.44 bits per heavy atom. The zero-order valence-corrected chi connectivity index (χ0v) is 10.6. The van der Waals surface area contributed by atoms with Crippen molar-refractivity contribution in [2.75, 3.05) is 24.5 Å². The number of nitrogens with zero attached hydrogens (tertiary/aromatic N) is 3. The average molecular weight is 261 g/mol. The van der Waals surface area contributed by atoms with E-state index in [-0.39, 0.29) is 0 Å². The molecule has 1 aliphatic rings. The Kier molecular flexibility index (Phi) is 3.84. The topological polar surface area (TPSA) is 41.1 Å². The summed E-state index contributed by atoms with van der Waals surface area (Å²) >= 11 is 11.9. The monoisotopic (exact) mass is 260 g/mol. The van der Waals surface area contributed by atoms with Crippen LogP contribution in [0.3, 0.4) is 0 Å². The quantitative estimate of drug-likeness (QED) is 0.899. The second-order valence-corrected chi connectivity index (χ2v) is 4.59. The lowest BCUT2D eigenvalue weighted by molar-refractivity contribution is 0.412. The molecule has 1 saturated heterocycles. The van der Waals surface area contributed by atoms with Crippen LogP contribution < -0.4 is 10.2 Å². The van der Waals surface area contributed by atoms with E-state index in [4.69, 9.17) is 23.2 Å². The van der Waals surface area contributed by atoms with Crippen LogP contribution in [0.25, 0.3) is 0 Å². The summed E-state index contributed by atoms with van der Waals surface area (Å²) in [6.45, 7) is 5.06. The van der Waals surface area contributed by atoms with Crippen LogP contribution in [0, 0.1) is 0 Å². The second-order valence-electron chi connectivity index (χ2n) is 3.85. The van der Waals surface area contributed by atoms with E-state index in [1.165, 1.54) is 0 Å². The van der Waals surface area contributed by atoms with Gasteiger partial charge >= 0.3 is 0 Å². The normalized spacial score (nSPS) is 15.9. The molecule has 0 bridgehead atoms. The summed E-state index contributed by atoms with van der Waals surface area (Å²) in [4.78, 5) is 2.25. The number of aromatic nitrogens is 2. The van der Waals surface area contributed by atoms with Gasteiger partial charge in [0.1, 0.15) is 0 Å². The lowest BCUT2D eigenvalue weighted by Crippen LogP contribution is -2.57. The Morgan fingerprint density at radius 2 is 2.19 bits per heavy atom. The fourth-order valence-corrected chi connectivity index (χ4v) is 2.12. The van der Waals surface area contributed by atoms with Crippen molar-refractivity contribution < 1.29 is 0 Å². The molecule has 88 valence electrons. The maximum atomic E-state index is 6.06. The van der Waals surface area contributed by atoms with E-state index in [2.05, 4.69) is 27.3 Å². The summed E-state index contributed by atoms with van der Waals surface area (Å²) in [5.74, 6) is 0. The molecule has 0 atom stereocenters. The molecule has 1 aromatic heterocycles. The molecule has 2 heterocycles. The summed E-state index contributed by atoms with van der Waals surface area (Å²) in [6, 6.07) is 2.27. The predicted octanol–water partition coefficient (Wildman–Crippen LogP) is 1.97. The number of anilines is 1. The molecule has 0 aliphatic carbocycles. The van der Waals surface area contributed by atoms with Gasteiger partial charge in [0, 0.05) is 25.7 Å². The Morgan fingerprint density at radius 3 is 2.75 bits per heavy atom. The fourth-order valence-electron chi connectivity index (χ4n) is 1.78. The first-order chi connectivity index (χ1) is 7.72. The van der Waals surface area contributed by atoms with Crippen LogP contribution >= 0.6 is 23.2 Å². The van der Waals surface area contributed by atoms with Crippen molar-refractivity contribution in [1.82, 2.24) is 15.5 Å². The van der Waals surface area contributed by atoms with E-state index in [1.54, 1.807) is 6.07 Å². The molecule has 1 fully saturated rings. The fraction of sp³-hybridized carbons (Fsp3) is 0.600. The van der Waals surface area contributed by atoms with Crippen molar-refractivity contribution in [1.29, 1.82) is 0 Å². The molecule has 0 saturated carbocycles. The van der Waals surface area contributed by atoms with Gasteiger partial charge in [0.2, 0.25) is 0 Å². The molecule has 6 heteroatoms. The van der Waals surface area contributed by atoms with Crippen LogP contribution in [-0.4, -0.2) is 35.9 Å². The van der Waals surface area contributed by atoms with Crippen molar-refractivity contribution in [2.24, 2.45) is 0 Å². The molecule has 4 nitrogen and oxygen atoms in total. The van der Waals surface area contributed by atoms with E-state index in [0.29, 0.717) is 16.3 Å². The number of nitrogens with one attached hydrogen (secondary N) is 1. The summed E-state index contributed by atoms with van der Waals surface area (Å²) in [5, 5.41) is 11.6. The van der Waals surface area contributed by atoms with Crippen LogP contribution in [0.2, 0.25) is 10.3 Å². The van der Waals surface area contributed by atoms with Crippen LogP contribution in [0.1, 0.15) is 13.3 Å². The Hall–Kier alpha value is -0.580. The first-order valence-electron chi connectivity index (χ1n) is 5.38. The molecule has 0 spiro atoms. The SMILES string of the molecule is CCCN(c1cc(Cl)nnc1Cl)C1CNC1. The standard InChI is InChI=1S/C10H14Cl2N4/c1-2-3-16(7-5-13-6-7)8-4-9(11)14-15-10(8)12/h4,7,13H,2-3,5-6H2,1H3. The first kappa shape index (κ1) is 11.9.